The third-order valence-electron chi connectivity index (χ3n) is 2.39. The Labute approximate surface area is 128 Å². The summed E-state index contributed by atoms with van der Waals surface area (Å²) in [4.78, 5) is 16.4. The number of hydrogen-bond acceptors (Lipinski definition) is 4. The van der Waals surface area contributed by atoms with Gasteiger partial charge < -0.3 is 9.57 Å². The number of hydrogen-bond donors (Lipinski definition) is 0. The Hall–Kier alpha value is -1.26. The van der Waals surface area contributed by atoms with Crippen LogP contribution >= 0.6 is 23.2 Å². The Bertz CT molecular complexity index is 501. The van der Waals surface area contributed by atoms with Gasteiger partial charge in [0, 0.05) is 12.0 Å². The zero-order chi connectivity index (χ0) is 15.1. The molecule has 110 valence electrons. The summed E-state index contributed by atoms with van der Waals surface area (Å²) in [7, 11) is 1.45. The summed E-state index contributed by atoms with van der Waals surface area (Å²) in [5.74, 6) is -0.274. The van der Waals surface area contributed by atoms with Crippen molar-refractivity contribution in [3.63, 3.8) is 0 Å². The molecule has 0 atom stereocenters. The van der Waals surface area contributed by atoms with Gasteiger partial charge in [-0.3, -0.25) is 4.79 Å². The Morgan fingerprint density at radius 1 is 1.25 bits per heavy atom. The van der Waals surface area contributed by atoms with Gasteiger partial charge in [-0.15, -0.1) is 0 Å². The van der Waals surface area contributed by atoms with Gasteiger partial charge in [-0.05, 0) is 26.0 Å². The molecule has 0 saturated carbocycles. The van der Waals surface area contributed by atoms with Gasteiger partial charge >= 0.3 is 5.97 Å². The number of halogens is 2. The summed E-state index contributed by atoms with van der Waals surface area (Å²) in [6, 6.07) is 5.15. The van der Waals surface area contributed by atoms with E-state index < -0.39 is 0 Å². The van der Waals surface area contributed by atoms with E-state index in [0.717, 1.165) is 5.56 Å². The molecule has 1 aromatic rings. The summed E-state index contributed by atoms with van der Waals surface area (Å²) in [5.41, 5.74) is 1.38. The topological polar surface area (TPSA) is 47.9 Å². The number of benzene rings is 1. The van der Waals surface area contributed by atoms with E-state index in [1.165, 1.54) is 7.11 Å². The molecule has 0 saturated heterocycles. The second-order valence-electron chi connectivity index (χ2n) is 4.39. The van der Waals surface area contributed by atoms with E-state index in [1.807, 2.05) is 0 Å². The Morgan fingerprint density at radius 2 is 1.95 bits per heavy atom. The maximum atomic E-state index is 11.5. The molecule has 0 aliphatic carbocycles. The van der Waals surface area contributed by atoms with Crippen LogP contribution in [-0.4, -0.2) is 24.9 Å². The van der Waals surface area contributed by atoms with E-state index in [2.05, 4.69) is 5.16 Å². The summed E-state index contributed by atoms with van der Waals surface area (Å²) in [5, 5.41) is 4.82. The van der Waals surface area contributed by atoms with Crippen molar-refractivity contribution in [2.75, 3.05) is 7.11 Å². The lowest BCUT2D eigenvalue weighted by Gasteiger charge is -2.09. The molecule has 0 heterocycles. The van der Waals surface area contributed by atoms with Crippen molar-refractivity contribution in [3.05, 3.63) is 33.8 Å². The highest BCUT2D eigenvalue weighted by Gasteiger charge is 2.12. The van der Waals surface area contributed by atoms with Gasteiger partial charge in [0.15, 0.2) is 0 Å². The summed E-state index contributed by atoms with van der Waals surface area (Å²) < 4.78 is 5.08. The van der Waals surface area contributed by atoms with E-state index in [9.17, 15) is 4.79 Å². The van der Waals surface area contributed by atoms with Gasteiger partial charge in [0.05, 0.1) is 28.3 Å². The molecule has 0 aromatic heterocycles. The number of oxime groups is 1. The third-order valence-corrected chi connectivity index (χ3v) is 3.13. The molecule has 20 heavy (non-hydrogen) atoms. The van der Waals surface area contributed by atoms with Gasteiger partial charge in [-0.1, -0.05) is 34.4 Å². The molecule has 0 amide bonds. The lowest BCUT2D eigenvalue weighted by molar-refractivity contribution is -0.147. The van der Waals surface area contributed by atoms with Crippen molar-refractivity contribution >= 4 is 34.9 Å². The maximum Gasteiger partial charge on any atom is 0.306 e. The first-order valence-corrected chi connectivity index (χ1v) is 6.94. The molecule has 4 nitrogen and oxygen atoms in total. The van der Waals surface area contributed by atoms with Gasteiger partial charge in [0.1, 0.15) is 7.11 Å². The first-order chi connectivity index (χ1) is 9.43. The highest BCUT2D eigenvalue weighted by atomic mass is 35.5. The standard InChI is InChI=1S/C14H17Cl2NO3/c1-9(2)20-14(18)7-6-13(17-19-3)10-4-5-11(15)12(16)8-10/h4-5,8-9H,6-7H2,1-3H3/b17-13+. The van der Waals surface area contributed by atoms with Crippen LogP contribution in [-0.2, 0) is 14.4 Å². The van der Waals surface area contributed by atoms with Crippen LogP contribution in [0.15, 0.2) is 23.4 Å². The van der Waals surface area contributed by atoms with Crippen molar-refractivity contribution in [2.45, 2.75) is 32.8 Å². The minimum absolute atomic E-state index is 0.129. The fourth-order valence-corrected chi connectivity index (χ4v) is 1.87. The summed E-state index contributed by atoms with van der Waals surface area (Å²) in [6.07, 6.45) is 0.494. The largest absolute Gasteiger partial charge is 0.463 e. The normalized spacial score (nSPS) is 11.6. The van der Waals surface area contributed by atoms with Gasteiger partial charge in [-0.2, -0.15) is 0 Å². The molecule has 0 aliphatic heterocycles. The van der Waals surface area contributed by atoms with E-state index >= 15 is 0 Å². The molecule has 1 rings (SSSR count). The quantitative estimate of drug-likeness (QED) is 0.451. The third kappa shape index (κ3) is 5.39. The molecule has 6 heteroatoms. The van der Waals surface area contributed by atoms with Gasteiger partial charge in [0.2, 0.25) is 0 Å². The van der Waals surface area contributed by atoms with Crippen LogP contribution in [0.5, 0.6) is 0 Å². The fourth-order valence-electron chi connectivity index (χ4n) is 1.57. The fraction of sp³-hybridized carbons (Fsp3) is 0.429. The van der Waals surface area contributed by atoms with Crippen molar-refractivity contribution in [2.24, 2.45) is 5.16 Å². The number of carbonyl (C=O) groups excluding carboxylic acids is 1. The average molecular weight is 318 g/mol. The average Bonchev–Trinajstić information content (AvgIpc) is 2.37. The molecule has 1 aromatic carbocycles. The van der Waals surface area contributed by atoms with Crippen LogP contribution in [0.4, 0.5) is 0 Å². The SMILES string of the molecule is CO/N=C(\CCC(=O)OC(C)C)c1ccc(Cl)c(Cl)c1. The van der Waals surface area contributed by atoms with Gasteiger partial charge in [0.25, 0.3) is 0 Å². The zero-order valence-corrected chi connectivity index (χ0v) is 13.2. The van der Waals surface area contributed by atoms with Crippen molar-refractivity contribution in [3.8, 4) is 0 Å². The second-order valence-corrected chi connectivity index (χ2v) is 5.20. The highest BCUT2D eigenvalue weighted by molar-refractivity contribution is 6.42. The molecule has 0 aliphatic rings. The van der Waals surface area contributed by atoms with Crippen LogP contribution in [0.2, 0.25) is 10.0 Å². The number of esters is 1. The minimum atomic E-state index is -0.274. The molecule has 0 spiro atoms. The highest BCUT2D eigenvalue weighted by Crippen LogP contribution is 2.23. The lowest BCUT2D eigenvalue weighted by Crippen LogP contribution is -2.13. The van der Waals surface area contributed by atoms with Crippen molar-refractivity contribution in [1.82, 2.24) is 0 Å². The number of carbonyl (C=O) groups is 1. The first kappa shape index (κ1) is 16.8. The predicted molar refractivity (Wildman–Crippen MR) is 80.5 cm³/mol. The Balaban J connectivity index is 2.77. The Morgan fingerprint density at radius 3 is 2.50 bits per heavy atom. The number of rotatable bonds is 6. The van der Waals surface area contributed by atoms with Crippen molar-refractivity contribution < 1.29 is 14.4 Å². The maximum absolute atomic E-state index is 11.5. The van der Waals surface area contributed by atoms with E-state index in [1.54, 1.807) is 32.0 Å². The first-order valence-electron chi connectivity index (χ1n) is 6.19. The van der Waals surface area contributed by atoms with E-state index in [0.29, 0.717) is 22.2 Å². The van der Waals surface area contributed by atoms with Crippen LogP contribution in [0.25, 0.3) is 0 Å². The van der Waals surface area contributed by atoms with Crippen LogP contribution in [0.3, 0.4) is 0 Å². The molecule has 0 bridgehead atoms. The van der Waals surface area contributed by atoms with Gasteiger partial charge in [-0.25, -0.2) is 0 Å². The van der Waals surface area contributed by atoms with E-state index in [4.69, 9.17) is 32.8 Å². The van der Waals surface area contributed by atoms with Crippen LogP contribution in [0.1, 0.15) is 32.3 Å². The minimum Gasteiger partial charge on any atom is -0.463 e. The smallest absolute Gasteiger partial charge is 0.306 e. The number of ether oxygens (including phenoxy) is 1. The van der Waals surface area contributed by atoms with Crippen molar-refractivity contribution in [1.29, 1.82) is 0 Å². The monoisotopic (exact) mass is 317 g/mol. The molecular weight excluding hydrogens is 301 g/mol. The molecule has 0 radical (unpaired) electrons. The molecule has 0 N–H and O–H groups in total. The van der Waals surface area contributed by atoms with E-state index in [-0.39, 0.29) is 18.5 Å². The number of nitrogens with zero attached hydrogens (tertiary/aromatic N) is 1. The Kier molecular flexibility index (Phi) is 6.82. The zero-order valence-electron chi connectivity index (χ0n) is 11.7. The summed E-state index contributed by atoms with van der Waals surface area (Å²) in [6.45, 7) is 3.61. The summed E-state index contributed by atoms with van der Waals surface area (Å²) >= 11 is 11.8. The molecule has 0 fully saturated rings. The molecular formula is C14H17Cl2NO3. The predicted octanol–water partition coefficient (Wildman–Crippen LogP) is 4.08. The lowest BCUT2D eigenvalue weighted by atomic mass is 10.1. The van der Waals surface area contributed by atoms with Crippen LogP contribution in [0, 0.1) is 0 Å². The molecule has 0 unspecified atom stereocenters. The van der Waals surface area contributed by atoms with Crippen LogP contribution < -0.4 is 0 Å². The second kappa shape index (κ2) is 8.12.